The van der Waals surface area contributed by atoms with Crippen LogP contribution in [0.1, 0.15) is 0 Å². The maximum atomic E-state index is 12.6. The minimum absolute atomic E-state index is 0.278. The zero-order chi connectivity index (χ0) is 7.84. The van der Waals surface area contributed by atoms with E-state index in [2.05, 4.69) is 4.37 Å². The van der Waals surface area contributed by atoms with Crippen LogP contribution in [0.3, 0.4) is 0 Å². The number of hydrogen-bond donors (Lipinski definition) is 0. The van der Waals surface area contributed by atoms with Gasteiger partial charge < -0.3 is 0 Å². The molecule has 11 heavy (non-hydrogen) atoms. The largest absolute Gasteiger partial charge is 0.207 e. The molecule has 4 heteroatoms. The lowest BCUT2D eigenvalue weighted by molar-refractivity contribution is 0.629. The highest BCUT2D eigenvalue weighted by molar-refractivity contribution is 7.12. The summed E-state index contributed by atoms with van der Waals surface area (Å²) in [4.78, 5) is 0. The molecule has 0 aliphatic rings. The minimum atomic E-state index is -0.278. The van der Waals surface area contributed by atoms with Crippen molar-refractivity contribution in [3.05, 3.63) is 28.4 Å². The molecular formula is C7H3ClFNS. The van der Waals surface area contributed by atoms with Crippen LogP contribution in [0, 0.1) is 5.82 Å². The first-order chi connectivity index (χ1) is 5.27. The van der Waals surface area contributed by atoms with Gasteiger partial charge in [0, 0.05) is 11.5 Å². The molecule has 0 spiro atoms. The van der Waals surface area contributed by atoms with Crippen LogP contribution in [0.15, 0.2) is 18.2 Å². The molecule has 2 rings (SSSR count). The van der Waals surface area contributed by atoms with E-state index in [4.69, 9.17) is 11.6 Å². The molecule has 1 nitrogen and oxygen atoms in total. The fourth-order valence-corrected chi connectivity index (χ4v) is 1.75. The van der Waals surface area contributed by atoms with E-state index in [9.17, 15) is 4.39 Å². The third-order valence-electron chi connectivity index (χ3n) is 1.40. The van der Waals surface area contributed by atoms with Gasteiger partial charge in [0.2, 0.25) is 0 Å². The summed E-state index contributed by atoms with van der Waals surface area (Å²) >= 11 is 6.93. The molecule has 0 unspecified atom stereocenters. The maximum Gasteiger partial charge on any atom is 0.125 e. The van der Waals surface area contributed by atoms with Crippen LogP contribution in [0.2, 0.25) is 4.34 Å². The Labute approximate surface area is 71.6 Å². The van der Waals surface area contributed by atoms with Crippen LogP contribution in [0.4, 0.5) is 4.39 Å². The first-order valence-electron chi connectivity index (χ1n) is 2.98. The van der Waals surface area contributed by atoms with E-state index < -0.39 is 0 Å². The molecule has 0 saturated carbocycles. The highest BCUT2D eigenvalue weighted by Gasteiger charge is 2.02. The summed E-state index contributed by atoms with van der Waals surface area (Å²) in [7, 11) is 0. The third kappa shape index (κ3) is 1.10. The molecule has 0 aliphatic heterocycles. The molecule has 0 saturated heterocycles. The molecule has 0 radical (unpaired) electrons. The molecule has 0 aliphatic carbocycles. The van der Waals surface area contributed by atoms with Gasteiger partial charge >= 0.3 is 0 Å². The first kappa shape index (κ1) is 7.00. The standard InChI is InChI=1S/C7H3ClFNS/c8-7-5-2-1-4(9)3-6(5)10-11-7/h1-3H. The monoisotopic (exact) mass is 187 g/mol. The molecule has 0 N–H and O–H groups in total. The van der Waals surface area contributed by atoms with Gasteiger partial charge in [0.15, 0.2) is 0 Å². The van der Waals surface area contributed by atoms with Crippen molar-refractivity contribution in [2.45, 2.75) is 0 Å². The molecule has 0 amide bonds. The molecule has 1 aromatic carbocycles. The van der Waals surface area contributed by atoms with E-state index in [0.29, 0.717) is 9.85 Å². The minimum Gasteiger partial charge on any atom is -0.207 e. The number of benzene rings is 1. The predicted octanol–water partition coefficient (Wildman–Crippen LogP) is 3.09. The SMILES string of the molecule is Fc1ccc2c(Cl)snc2c1. The Morgan fingerprint density at radius 3 is 3.09 bits per heavy atom. The van der Waals surface area contributed by atoms with Gasteiger partial charge in [0.25, 0.3) is 0 Å². The van der Waals surface area contributed by atoms with E-state index >= 15 is 0 Å². The summed E-state index contributed by atoms with van der Waals surface area (Å²) in [6.07, 6.45) is 0. The maximum absolute atomic E-state index is 12.6. The number of aromatic nitrogens is 1. The van der Waals surface area contributed by atoms with Crippen molar-refractivity contribution in [2.75, 3.05) is 0 Å². The van der Waals surface area contributed by atoms with E-state index in [1.54, 1.807) is 6.07 Å². The zero-order valence-corrected chi connectivity index (χ0v) is 6.92. The van der Waals surface area contributed by atoms with Crippen molar-refractivity contribution in [3.63, 3.8) is 0 Å². The average molecular weight is 188 g/mol. The van der Waals surface area contributed by atoms with Crippen molar-refractivity contribution in [3.8, 4) is 0 Å². The van der Waals surface area contributed by atoms with Crippen molar-refractivity contribution in [1.82, 2.24) is 4.37 Å². The Kier molecular flexibility index (Phi) is 1.55. The summed E-state index contributed by atoms with van der Waals surface area (Å²) in [6.45, 7) is 0. The van der Waals surface area contributed by atoms with Gasteiger partial charge in [-0.3, -0.25) is 0 Å². The summed E-state index contributed by atoms with van der Waals surface area (Å²) in [5, 5.41) is 0.818. The van der Waals surface area contributed by atoms with Crippen LogP contribution >= 0.6 is 23.1 Å². The molecule has 56 valence electrons. The number of fused-ring (bicyclic) bond motifs is 1. The summed E-state index contributed by atoms with van der Waals surface area (Å²) < 4.78 is 17.1. The van der Waals surface area contributed by atoms with Crippen molar-refractivity contribution >= 4 is 34.0 Å². The second kappa shape index (κ2) is 2.43. The second-order valence-electron chi connectivity index (χ2n) is 2.12. The van der Waals surface area contributed by atoms with E-state index in [1.165, 1.54) is 23.7 Å². The lowest BCUT2D eigenvalue weighted by atomic mass is 10.2. The van der Waals surface area contributed by atoms with Gasteiger partial charge in [-0.25, -0.2) is 4.39 Å². The van der Waals surface area contributed by atoms with Gasteiger partial charge in [-0.1, -0.05) is 11.6 Å². The number of rotatable bonds is 0. The second-order valence-corrected chi connectivity index (χ2v) is 3.49. The summed E-state index contributed by atoms with van der Waals surface area (Å²) in [6, 6.07) is 4.39. The van der Waals surface area contributed by atoms with Crippen LogP contribution in [-0.2, 0) is 0 Å². The highest BCUT2D eigenvalue weighted by atomic mass is 35.5. The highest BCUT2D eigenvalue weighted by Crippen LogP contribution is 2.27. The average Bonchev–Trinajstić information content (AvgIpc) is 2.32. The van der Waals surface area contributed by atoms with Gasteiger partial charge in [-0.05, 0) is 23.7 Å². The Bertz CT molecular complexity index is 398. The smallest absolute Gasteiger partial charge is 0.125 e. The summed E-state index contributed by atoms with van der Waals surface area (Å²) in [5.41, 5.74) is 0.625. The lowest BCUT2D eigenvalue weighted by Gasteiger charge is -1.87. The van der Waals surface area contributed by atoms with Crippen molar-refractivity contribution in [2.24, 2.45) is 0 Å². The number of halogens is 2. The molecule has 0 atom stereocenters. The molecule has 0 fully saturated rings. The van der Waals surface area contributed by atoms with Crippen LogP contribution < -0.4 is 0 Å². The fourth-order valence-electron chi connectivity index (χ4n) is 0.885. The lowest BCUT2D eigenvalue weighted by Crippen LogP contribution is -1.71. The molecule has 1 heterocycles. The molecular weight excluding hydrogens is 185 g/mol. The Morgan fingerprint density at radius 2 is 2.27 bits per heavy atom. The van der Waals surface area contributed by atoms with Crippen LogP contribution in [0.25, 0.3) is 10.9 Å². The number of hydrogen-bond acceptors (Lipinski definition) is 2. The third-order valence-corrected chi connectivity index (χ3v) is 2.47. The molecule has 2 aromatic rings. The Morgan fingerprint density at radius 1 is 1.45 bits per heavy atom. The fraction of sp³-hybridized carbons (Fsp3) is 0. The van der Waals surface area contributed by atoms with Gasteiger partial charge in [-0.2, -0.15) is 4.37 Å². The summed E-state index contributed by atoms with van der Waals surface area (Å²) in [5.74, 6) is -0.278. The quantitative estimate of drug-likeness (QED) is 0.618. The van der Waals surface area contributed by atoms with Crippen LogP contribution in [-0.4, -0.2) is 4.37 Å². The Balaban J connectivity index is 2.86. The topological polar surface area (TPSA) is 12.9 Å². The van der Waals surface area contributed by atoms with E-state index in [0.717, 1.165) is 5.39 Å². The van der Waals surface area contributed by atoms with Crippen molar-refractivity contribution in [1.29, 1.82) is 0 Å². The zero-order valence-electron chi connectivity index (χ0n) is 5.34. The number of nitrogens with zero attached hydrogens (tertiary/aromatic N) is 1. The molecule has 1 aromatic heterocycles. The first-order valence-corrected chi connectivity index (χ1v) is 4.13. The Hall–Kier alpha value is -0.670. The van der Waals surface area contributed by atoms with Crippen LogP contribution in [0.5, 0.6) is 0 Å². The van der Waals surface area contributed by atoms with Gasteiger partial charge in [-0.15, -0.1) is 0 Å². The molecule has 0 bridgehead atoms. The predicted molar refractivity (Wildman–Crippen MR) is 44.6 cm³/mol. The van der Waals surface area contributed by atoms with Gasteiger partial charge in [0.05, 0.1) is 5.52 Å². The normalized spacial score (nSPS) is 10.7. The van der Waals surface area contributed by atoms with E-state index in [-0.39, 0.29) is 5.82 Å². The van der Waals surface area contributed by atoms with Crippen molar-refractivity contribution < 1.29 is 4.39 Å². The van der Waals surface area contributed by atoms with Gasteiger partial charge in [0.1, 0.15) is 10.2 Å². The van der Waals surface area contributed by atoms with E-state index in [1.807, 2.05) is 0 Å².